The van der Waals surface area contributed by atoms with E-state index in [1.807, 2.05) is 0 Å². The molecule has 0 N–H and O–H groups in total. The maximum Gasteiger partial charge on any atom is 0.306 e. The van der Waals surface area contributed by atoms with Gasteiger partial charge in [0.05, 0.1) is 0 Å². The van der Waals surface area contributed by atoms with Gasteiger partial charge in [-0.1, -0.05) is 298 Å². The van der Waals surface area contributed by atoms with E-state index in [4.69, 9.17) is 14.2 Å². The smallest absolute Gasteiger partial charge is 0.306 e. The van der Waals surface area contributed by atoms with Crippen LogP contribution in [0.2, 0.25) is 0 Å². The largest absolute Gasteiger partial charge is 0.462 e. The molecular formula is C72H124O6. The minimum atomic E-state index is -0.779. The zero-order chi connectivity index (χ0) is 56.4. The van der Waals surface area contributed by atoms with Crippen molar-refractivity contribution in [2.24, 2.45) is 0 Å². The molecule has 0 amide bonds. The molecule has 6 nitrogen and oxygen atoms in total. The lowest BCUT2D eigenvalue weighted by Gasteiger charge is -2.18. The van der Waals surface area contributed by atoms with Crippen molar-refractivity contribution in [2.75, 3.05) is 13.2 Å². The van der Waals surface area contributed by atoms with Crippen LogP contribution in [-0.4, -0.2) is 37.2 Å². The van der Waals surface area contributed by atoms with Crippen LogP contribution in [0.5, 0.6) is 0 Å². The lowest BCUT2D eigenvalue weighted by Crippen LogP contribution is -2.30. The minimum Gasteiger partial charge on any atom is -0.462 e. The van der Waals surface area contributed by atoms with Crippen LogP contribution < -0.4 is 0 Å². The number of unbranched alkanes of at least 4 members (excludes halogenated alkanes) is 33. The summed E-state index contributed by atoms with van der Waals surface area (Å²) in [5.74, 6) is -0.876. The van der Waals surface area contributed by atoms with Gasteiger partial charge in [-0.15, -0.1) is 0 Å². The van der Waals surface area contributed by atoms with Crippen LogP contribution in [0.3, 0.4) is 0 Å². The molecule has 448 valence electrons. The van der Waals surface area contributed by atoms with E-state index < -0.39 is 6.10 Å². The molecule has 0 saturated carbocycles. The molecule has 0 saturated heterocycles. The van der Waals surface area contributed by atoms with Crippen LogP contribution in [0.15, 0.2) is 97.2 Å². The average Bonchev–Trinajstić information content (AvgIpc) is 3.44. The molecule has 0 aliphatic heterocycles. The zero-order valence-electron chi connectivity index (χ0n) is 51.4. The Hall–Kier alpha value is -3.67. The van der Waals surface area contributed by atoms with Crippen molar-refractivity contribution in [3.63, 3.8) is 0 Å². The molecule has 0 aromatic rings. The van der Waals surface area contributed by atoms with Gasteiger partial charge in [0, 0.05) is 19.3 Å². The molecule has 1 unspecified atom stereocenters. The molecular weight excluding hydrogens is 961 g/mol. The summed E-state index contributed by atoms with van der Waals surface area (Å²) in [5.41, 5.74) is 0. The number of hydrogen-bond acceptors (Lipinski definition) is 6. The maximum atomic E-state index is 12.9. The Morgan fingerprint density at radius 1 is 0.269 bits per heavy atom. The van der Waals surface area contributed by atoms with E-state index in [1.165, 1.54) is 173 Å². The first kappa shape index (κ1) is 74.3. The highest BCUT2D eigenvalue weighted by atomic mass is 16.6. The second-order valence-electron chi connectivity index (χ2n) is 22.0. The fourth-order valence-electron chi connectivity index (χ4n) is 9.36. The minimum absolute atomic E-state index is 0.0778. The van der Waals surface area contributed by atoms with E-state index in [-0.39, 0.29) is 31.1 Å². The third-order valence-corrected chi connectivity index (χ3v) is 14.3. The van der Waals surface area contributed by atoms with E-state index in [2.05, 4.69) is 118 Å². The van der Waals surface area contributed by atoms with E-state index in [0.29, 0.717) is 19.3 Å². The number of ether oxygens (including phenoxy) is 3. The van der Waals surface area contributed by atoms with Crippen molar-refractivity contribution in [3.8, 4) is 0 Å². The van der Waals surface area contributed by atoms with Crippen LogP contribution in [0, 0.1) is 0 Å². The van der Waals surface area contributed by atoms with Crippen molar-refractivity contribution in [2.45, 2.75) is 329 Å². The Morgan fingerprint density at radius 2 is 0.500 bits per heavy atom. The fraction of sp³-hybridized carbons (Fsp3) is 0.736. The summed E-state index contributed by atoms with van der Waals surface area (Å²) in [6.07, 6.45) is 88.5. The molecule has 78 heavy (non-hydrogen) atoms. The Kier molecular flexibility index (Phi) is 62.7. The molecule has 0 aliphatic rings. The van der Waals surface area contributed by atoms with Gasteiger partial charge in [-0.05, 0) is 103 Å². The van der Waals surface area contributed by atoms with Gasteiger partial charge in [0.15, 0.2) is 6.10 Å². The predicted octanol–water partition coefficient (Wildman–Crippen LogP) is 22.8. The zero-order valence-corrected chi connectivity index (χ0v) is 51.4. The third-order valence-electron chi connectivity index (χ3n) is 14.3. The Balaban J connectivity index is 4.19. The van der Waals surface area contributed by atoms with Gasteiger partial charge in [-0.2, -0.15) is 0 Å². The summed E-state index contributed by atoms with van der Waals surface area (Å²) in [6.45, 7) is 6.52. The SMILES string of the molecule is CC/C=C\C/C=C\C/C=C\C/C=C\C/C=C\C/C=C\C/C=C\CCCCCCCCCCCCCC(=O)OCC(COC(=O)CCCCCCC/C=C\CCCCC)OC(=O)CCCCCCCCCCCCCCCCC. The summed E-state index contributed by atoms with van der Waals surface area (Å²) in [4.78, 5) is 38.3. The molecule has 0 aliphatic carbocycles. The molecule has 0 aromatic carbocycles. The summed E-state index contributed by atoms with van der Waals surface area (Å²) in [6, 6.07) is 0. The van der Waals surface area contributed by atoms with E-state index >= 15 is 0 Å². The molecule has 0 aromatic heterocycles. The highest BCUT2D eigenvalue weighted by Crippen LogP contribution is 2.17. The molecule has 0 heterocycles. The Bertz CT molecular complexity index is 1530. The lowest BCUT2D eigenvalue weighted by molar-refractivity contribution is -0.167. The van der Waals surface area contributed by atoms with Crippen LogP contribution in [0.4, 0.5) is 0 Å². The molecule has 0 fully saturated rings. The molecule has 0 bridgehead atoms. The monoisotopic (exact) mass is 1080 g/mol. The third kappa shape index (κ3) is 63.2. The highest BCUT2D eigenvalue weighted by molar-refractivity contribution is 5.71. The van der Waals surface area contributed by atoms with Crippen LogP contribution in [0.25, 0.3) is 0 Å². The summed E-state index contributed by atoms with van der Waals surface area (Å²) in [7, 11) is 0. The number of carbonyl (C=O) groups excluding carboxylic acids is 3. The molecule has 0 spiro atoms. The number of carbonyl (C=O) groups is 3. The normalized spacial score (nSPS) is 12.7. The number of hydrogen-bond donors (Lipinski definition) is 0. The first-order valence-electron chi connectivity index (χ1n) is 33.2. The van der Waals surface area contributed by atoms with Crippen LogP contribution in [-0.2, 0) is 28.6 Å². The second kappa shape index (κ2) is 65.8. The molecule has 6 heteroatoms. The first-order chi connectivity index (χ1) is 38.5. The van der Waals surface area contributed by atoms with Crippen molar-refractivity contribution in [3.05, 3.63) is 97.2 Å². The van der Waals surface area contributed by atoms with Crippen molar-refractivity contribution in [1.29, 1.82) is 0 Å². The average molecular weight is 1090 g/mol. The number of allylic oxidation sites excluding steroid dienone is 16. The van der Waals surface area contributed by atoms with Crippen molar-refractivity contribution >= 4 is 17.9 Å². The van der Waals surface area contributed by atoms with Gasteiger partial charge < -0.3 is 14.2 Å². The molecule has 0 radical (unpaired) electrons. The van der Waals surface area contributed by atoms with Crippen molar-refractivity contribution < 1.29 is 28.6 Å². The van der Waals surface area contributed by atoms with Gasteiger partial charge in [0.1, 0.15) is 13.2 Å². The number of esters is 3. The quantitative estimate of drug-likeness (QED) is 0.0261. The lowest BCUT2D eigenvalue weighted by atomic mass is 10.0. The first-order valence-corrected chi connectivity index (χ1v) is 33.2. The topological polar surface area (TPSA) is 78.9 Å². The molecule has 1 atom stereocenters. The second-order valence-corrected chi connectivity index (χ2v) is 22.0. The Morgan fingerprint density at radius 3 is 0.821 bits per heavy atom. The highest BCUT2D eigenvalue weighted by Gasteiger charge is 2.19. The molecule has 0 rings (SSSR count). The Labute approximate surface area is 483 Å². The summed E-state index contributed by atoms with van der Waals surface area (Å²) in [5, 5.41) is 0. The summed E-state index contributed by atoms with van der Waals surface area (Å²) < 4.78 is 16.9. The predicted molar refractivity (Wildman–Crippen MR) is 339 cm³/mol. The van der Waals surface area contributed by atoms with Crippen LogP contribution in [0.1, 0.15) is 323 Å². The van der Waals surface area contributed by atoms with Gasteiger partial charge in [0.2, 0.25) is 0 Å². The van der Waals surface area contributed by atoms with Gasteiger partial charge >= 0.3 is 17.9 Å². The van der Waals surface area contributed by atoms with Gasteiger partial charge in [-0.25, -0.2) is 0 Å². The van der Waals surface area contributed by atoms with Gasteiger partial charge in [0.25, 0.3) is 0 Å². The standard InChI is InChI=1S/C72H124O6/c1-4-7-10-13-16-19-22-25-27-28-29-30-31-32-33-34-35-36-37-38-39-40-41-42-43-44-46-47-50-53-56-59-62-65-71(74)77-68-69(67-76-70(73)64-61-58-55-52-49-24-21-18-15-12-9-6-3)78-72(75)66-63-60-57-54-51-48-45-26-23-20-17-14-11-8-5-2/h7,10,16,18-19,21,25,27,29-30,32-33,35-36,38-39,69H,4-6,8-9,11-15,17,20,22-24,26,28,31,34,37,40-68H2,1-3H3/b10-7-,19-16-,21-18-,27-25-,30-29-,33-32-,36-35-,39-38-. The van der Waals surface area contributed by atoms with Gasteiger partial charge in [-0.3, -0.25) is 14.4 Å². The van der Waals surface area contributed by atoms with E-state index in [0.717, 1.165) is 109 Å². The van der Waals surface area contributed by atoms with E-state index in [9.17, 15) is 14.4 Å². The van der Waals surface area contributed by atoms with Crippen LogP contribution >= 0.6 is 0 Å². The van der Waals surface area contributed by atoms with E-state index in [1.54, 1.807) is 0 Å². The fourth-order valence-corrected chi connectivity index (χ4v) is 9.36. The number of rotatable bonds is 60. The maximum absolute atomic E-state index is 12.9. The van der Waals surface area contributed by atoms with Crippen molar-refractivity contribution in [1.82, 2.24) is 0 Å². The summed E-state index contributed by atoms with van der Waals surface area (Å²) >= 11 is 0.